The molecule has 0 bridgehead atoms. The number of amides is 4. The van der Waals surface area contributed by atoms with E-state index in [1.807, 2.05) is 30.3 Å². The van der Waals surface area contributed by atoms with Gasteiger partial charge in [-0.2, -0.15) is 0 Å². The number of benzene rings is 2. The maximum atomic E-state index is 13.8. The third kappa shape index (κ3) is 9.62. The van der Waals surface area contributed by atoms with Crippen molar-refractivity contribution in [1.29, 1.82) is 0 Å². The Morgan fingerprint density at radius 1 is 0.955 bits per heavy atom. The van der Waals surface area contributed by atoms with Crippen molar-refractivity contribution in [2.24, 2.45) is 4.99 Å². The Balaban J connectivity index is 2.10. The number of methoxy groups -OCH3 is 1. The predicted molar refractivity (Wildman–Crippen MR) is 180 cm³/mol. The van der Waals surface area contributed by atoms with Crippen LogP contribution in [0.1, 0.15) is 47.1 Å². The predicted octanol–water partition coefficient (Wildman–Crippen LogP) is 6.77. The van der Waals surface area contributed by atoms with E-state index in [1.54, 1.807) is 67.6 Å². The molecule has 4 amide bonds. The van der Waals surface area contributed by atoms with Crippen LogP contribution in [0.2, 0.25) is 5.02 Å². The number of urea groups is 1. The van der Waals surface area contributed by atoms with Gasteiger partial charge in [0, 0.05) is 0 Å². The van der Waals surface area contributed by atoms with Gasteiger partial charge in [0.15, 0.2) is 0 Å². The summed E-state index contributed by atoms with van der Waals surface area (Å²) in [5.74, 6) is 0.775. The second kappa shape index (κ2) is 14.2. The van der Waals surface area contributed by atoms with Gasteiger partial charge in [0.25, 0.3) is 0 Å². The molecule has 1 aliphatic rings. The molecule has 0 spiro atoms. The van der Waals surface area contributed by atoms with Gasteiger partial charge in [0.05, 0.1) is 0 Å². The van der Waals surface area contributed by atoms with Gasteiger partial charge >= 0.3 is 273 Å². The molecule has 2 aromatic rings. The third-order valence-electron chi connectivity index (χ3n) is 6.15. The third-order valence-corrected chi connectivity index (χ3v) is 12.0. The fourth-order valence-corrected chi connectivity index (χ4v) is 8.98. The first-order valence-corrected chi connectivity index (χ1v) is 18.6. The maximum absolute atomic E-state index is 13.8. The van der Waals surface area contributed by atoms with Crippen LogP contribution in [0.15, 0.2) is 47.5 Å². The van der Waals surface area contributed by atoms with Gasteiger partial charge in [-0.05, 0) is 0 Å². The first-order valence-electron chi connectivity index (χ1n) is 13.9. The van der Waals surface area contributed by atoms with Crippen molar-refractivity contribution in [2.45, 2.75) is 59.3 Å². The molecule has 1 aliphatic heterocycles. The van der Waals surface area contributed by atoms with Crippen LogP contribution in [0, 0.1) is 7.14 Å². The average molecular weight is 744 g/mol. The summed E-state index contributed by atoms with van der Waals surface area (Å²) in [6, 6.07) is 13.4. The molecule has 0 N–H and O–H groups in total. The summed E-state index contributed by atoms with van der Waals surface area (Å²) in [5.41, 5.74) is -0.888. The molecule has 0 atom stereocenters. The molecule has 1 heterocycles. The molecule has 242 valence electrons. The van der Waals surface area contributed by atoms with Crippen molar-refractivity contribution in [1.82, 2.24) is 19.6 Å². The van der Waals surface area contributed by atoms with Crippen molar-refractivity contribution in [3.8, 4) is 5.75 Å². The van der Waals surface area contributed by atoms with Crippen LogP contribution in [-0.4, -0.2) is 94.5 Å². The zero-order chi connectivity index (χ0) is 33.0. The molecule has 0 aromatic heterocycles. The van der Waals surface area contributed by atoms with Gasteiger partial charge in [-0.3, -0.25) is 0 Å². The van der Waals surface area contributed by atoms with Crippen LogP contribution in [0.25, 0.3) is 0 Å². The number of guanidine groups is 1. The van der Waals surface area contributed by atoms with E-state index in [2.05, 4.69) is 22.1 Å². The molecule has 1 saturated heterocycles. The zero-order valence-corrected chi connectivity index (χ0v) is 30.0. The van der Waals surface area contributed by atoms with Crippen LogP contribution in [0.3, 0.4) is 0 Å². The first kappa shape index (κ1) is 35.2. The van der Waals surface area contributed by atoms with E-state index in [0.29, 0.717) is 5.02 Å². The van der Waals surface area contributed by atoms with Crippen molar-refractivity contribution >= 4 is 55.6 Å². The summed E-state index contributed by atoms with van der Waals surface area (Å²) in [6.45, 7) is 10.7. The Hall–Kier alpha value is -3.26. The van der Waals surface area contributed by atoms with Crippen LogP contribution in [0.4, 0.5) is 14.4 Å². The monoisotopic (exact) mass is 743 g/mol. The second-order valence-corrected chi connectivity index (χ2v) is 17.9. The Kier molecular flexibility index (Phi) is 11.4. The topological polar surface area (TPSA) is 104 Å². The van der Waals surface area contributed by atoms with Gasteiger partial charge in [0.1, 0.15) is 0 Å². The normalized spacial score (nSPS) is 14.8. The van der Waals surface area contributed by atoms with Crippen molar-refractivity contribution < 1.29 is 28.6 Å². The molecule has 44 heavy (non-hydrogen) atoms. The molecule has 11 nitrogen and oxygen atoms in total. The molecule has 0 aliphatic carbocycles. The molecular weight excluding hydrogens is 701 g/mol. The van der Waals surface area contributed by atoms with Crippen LogP contribution in [-0.2, 0) is 16.0 Å². The molecule has 0 unspecified atom stereocenters. The fourth-order valence-electron chi connectivity index (χ4n) is 4.21. The zero-order valence-electron chi connectivity index (χ0n) is 27.1. The van der Waals surface area contributed by atoms with Crippen molar-refractivity contribution in [3.63, 3.8) is 0 Å². The number of ether oxygens (including phenoxy) is 3. The SMILES string of the molecule is COc1ccc(I(C)c2cc(CN(C(=O)OC(C)(C)C)C(=NC(=O)OC(C)(C)C)N3CN(C)C(=O)N(C)C3)ccc2Cl)cc1. The minimum atomic E-state index is -1.95. The quantitative estimate of drug-likeness (QED) is 0.144. The second-order valence-electron chi connectivity index (χ2n) is 12.3. The van der Waals surface area contributed by atoms with Gasteiger partial charge in [0.2, 0.25) is 0 Å². The standard InChI is InChI=1S/C31H43ClIN5O6/c1-30(2,3)43-27(39)34-26(37-19-35(8)28(40)36(9)20-37)38(29(41)44-31(4,5)6)18-21-11-16-24(32)25(17-21)33(7)22-12-14-23(42-10)15-13-22/h11-17H,18-20H2,1-10H3. The van der Waals surface area contributed by atoms with Crippen LogP contribution in [0.5, 0.6) is 5.75 Å². The number of carbonyl (C=O) groups excluding carboxylic acids is 3. The van der Waals surface area contributed by atoms with E-state index in [1.165, 1.54) is 18.3 Å². The van der Waals surface area contributed by atoms with Crippen LogP contribution >= 0.6 is 31.4 Å². The average Bonchev–Trinajstić information content (AvgIpc) is 2.92. The van der Waals surface area contributed by atoms with Crippen molar-refractivity contribution in [3.05, 3.63) is 60.2 Å². The molecule has 1 fully saturated rings. The summed E-state index contributed by atoms with van der Waals surface area (Å²) >= 11 is 4.77. The number of halogens is 2. The Morgan fingerprint density at radius 2 is 1.52 bits per heavy atom. The van der Waals surface area contributed by atoms with E-state index in [4.69, 9.17) is 25.8 Å². The number of hydrogen-bond donors (Lipinski definition) is 0. The first-order chi connectivity index (χ1) is 20.4. The minimum absolute atomic E-state index is 0.00165. The van der Waals surface area contributed by atoms with E-state index in [9.17, 15) is 14.4 Å². The fraction of sp³-hybridized carbons (Fsp3) is 0.484. The van der Waals surface area contributed by atoms with Gasteiger partial charge in [-0.15, -0.1) is 0 Å². The number of alkyl halides is 1. The van der Waals surface area contributed by atoms with E-state index >= 15 is 0 Å². The summed E-state index contributed by atoms with van der Waals surface area (Å²) in [7, 11) is 4.89. The molecule has 2 aromatic carbocycles. The molecule has 0 saturated carbocycles. The van der Waals surface area contributed by atoms with Gasteiger partial charge in [-0.25, -0.2) is 0 Å². The number of rotatable bonds is 5. The van der Waals surface area contributed by atoms with Crippen molar-refractivity contribution in [2.75, 3.05) is 39.5 Å². The van der Waals surface area contributed by atoms with Crippen LogP contribution < -0.4 is 4.74 Å². The summed E-state index contributed by atoms with van der Waals surface area (Å²) in [5, 5.41) is 0.640. The van der Waals surface area contributed by atoms with Gasteiger partial charge < -0.3 is 0 Å². The number of hydrogen-bond acceptors (Lipinski definition) is 6. The Labute approximate surface area is 272 Å². The van der Waals surface area contributed by atoms with E-state index in [-0.39, 0.29) is 31.9 Å². The van der Waals surface area contributed by atoms with E-state index in [0.717, 1.165) is 14.9 Å². The summed E-state index contributed by atoms with van der Waals surface area (Å²) in [4.78, 5) is 51.8. The Morgan fingerprint density at radius 3 is 2.05 bits per heavy atom. The van der Waals surface area contributed by atoms with E-state index < -0.39 is 43.2 Å². The number of aliphatic imine (C=N–C) groups is 1. The number of carbonyl (C=O) groups is 3. The molecule has 13 heteroatoms. The molecular formula is C31H43ClIN5O6. The van der Waals surface area contributed by atoms with Gasteiger partial charge in [-0.1, -0.05) is 0 Å². The Bertz CT molecular complexity index is 1380. The molecule has 0 radical (unpaired) electrons. The molecule has 3 rings (SSSR count). The number of nitrogens with zero attached hydrogens (tertiary/aromatic N) is 5. The summed E-state index contributed by atoms with van der Waals surface area (Å²) < 4.78 is 18.8. The summed E-state index contributed by atoms with van der Waals surface area (Å²) in [6.07, 6.45) is -1.58.